The molecule has 2 aromatic carbocycles. The van der Waals surface area contributed by atoms with Crippen LogP contribution in [0.15, 0.2) is 58.1 Å². The lowest BCUT2D eigenvalue weighted by Crippen LogP contribution is -2.24. The van der Waals surface area contributed by atoms with Gasteiger partial charge < -0.3 is 15.5 Å². The van der Waals surface area contributed by atoms with Gasteiger partial charge in [-0.3, -0.25) is 0 Å². The highest BCUT2D eigenvalue weighted by atomic mass is 127. The Morgan fingerprint density at radius 1 is 1.14 bits per heavy atom. The first-order valence-corrected chi connectivity index (χ1v) is 9.38. The van der Waals surface area contributed by atoms with Gasteiger partial charge in [-0.2, -0.15) is 0 Å². The van der Waals surface area contributed by atoms with Crippen LogP contribution in [0.25, 0.3) is 11.5 Å². The molecule has 4 rings (SSSR count). The zero-order valence-electron chi connectivity index (χ0n) is 15.9. The van der Waals surface area contributed by atoms with Gasteiger partial charge >= 0.3 is 0 Å². The number of hydrogen-bond donors (Lipinski definition) is 2. The Hall–Kier alpha value is -2.35. The molecule has 1 aromatic heterocycles. The average molecular weight is 488 g/mol. The molecule has 0 spiro atoms. The summed E-state index contributed by atoms with van der Waals surface area (Å²) in [6.45, 7) is 2.43. The molecule has 28 heavy (non-hydrogen) atoms. The van der Waals surface area contributed by atoms with Crippen molar-refractivity contribution in [2.45, 2.75) is 39.2 Å². The Morgan fingerprint density at radius 2 is 1.93 bits per heavy atom. The third-order valence-electron chi connectivity index (χ3n) is 4.92. The van der Waals surface area contributed by atoms with E-state index in [1.807, 2.05) is 24.3 Å². The quantitative estimate of drug-likeness (QED) is 0.305. The van der Waals surface area contributed by atoms with Crippen molar-refractivity contribution in [2.75, 3.05) is 5.32 Å². The first-order chi connectivity index (χ1) is 13.2. The minimum absolute atomic E-state index is 0. The second-order valence-electron chi connectivity index (χ2n) is 6.99. The number of aliphatic imine (C=N–C) groups is 1. The molecule has 0 fully saturated rings. The smallest absolute Gasteiger partial charge is 0.226 e. The Morgan fingerprint density at radius 3 is 2.75 bits per heavy atom. The number of hydrogen-bond acceptors (Lipinski definition) is 3. The summed E-state index contributed by atoms with van der Waals surface area (Å²) in [4.78, 5) is 8.92. The van der Waals surface area contributed by atoms with Crippen LogP contribution >= 0.6 is 24.0 Å². The van der Waals surface area contributed by atoms with E-state index >= 15 is 0 Å². The Bertz CT molecular complexity index is 963. The number of nitrogens with zero attached hydrogens (tertiary/aromatic N) is 2. The van der Waals surface area contributed by atoms with Crippen LogP contribution in [-0.4, -0.2) is 10.9 Å². The van der Waals surface area contributed by atoms with Crippen molar-refractivity contribution in [1.29, 1.82) is 0 Å². The predicted octanol–water partition coefficient (Wildman–Crippen LogP) is 5.07. The van der Waals surface area contributed by atoms with Crippen LogP contribution in [0.1, 0.15) is 35.2 Å². The highest BCUT2D eigenvalue weighted by molar-refractivity contribution is 14.0. The van der Waals surface area contributed by atoms with Crippen molar-refractivity contribution in [2.24, 2.45) is 10.7 Å². The second-order valence-corrected chi connectivity index (χ2v) is 6.99. The van der Waals surface area contributed by atoms with Gasteiger partial charge in [-0.15, -0.1) is 24.0 Å². The molecule has 0 bridgehead atoms. The molecule has 1 aliphatic rings. The molecule has 0 atom stereocenters. The van der Waals surface area contributed by atoms with E-state index in [-0.39, 0.29) is 24.0 Å². The molecule has 1 heterocycles. The molecule has 5 nitrogen and oxygen atoms in total. The van der Waals surface area contributed by atoms with Gasteiger partial charge in [0.05, 0.1) is 6.54 Å². The molecule has 0 unspecified atom stereocenters. The van der Waals surface area contributed by atoms with Crippen LogP contribution in [0.2, 0.25) is 0 Å². The Kier molecular flexibility index (Phi) is 6.72. The van der Waals surface area contributed by atoms with Crippen molar-refractivity contribution >= 4 is 35.6 Å². The normalized spacial score (nSPS) is 13.5. The fraction of sp³-hybridized carbons (Fsp3) is 0.273. The van der Waals surface area contributed by atoms with E-state index in [1.54, 1.807) is 6.26 Å². The standard InChI is InChI=1S/C22H24N4O.HI/c1-15-9-11-17(12-10-15)21-25-18(14-27-21)13-24-22(23)26-20-8-4-6-16-5-2-3-7-19(16)20;/h4,6,8-12,14H,2-3,5,7,13H2,1H3,(H3,23,24,26);1H. The summed E-state index contributed by atoms with van der Waals surface area (Å²) in [5.74, 6) is 0.998. The van der Waals surface area contributed by atoms with Gasteiger partial charge in [0.2, 0.25) is 5.89 Å². The lowest BCUT2D eigenvalue weighted by molar-refractivity contribution is 0.572. The van der Waals surface area contributed by atoms with Crippen LogP contribution in [0.3, 0.4) is 0 Å². The molecular weight excluding hydrogens is 463 g/mol. The minimum atomic E-state index is 0. The summed E-state index contributed by atoms with van der Waals surface area (Å²) in [7, 11) is 0. The van der Waals surface area contributed by atoms with Crippen LogP contribution in [-0.2, 0) is 19.4 Å². The maximum Gasteiger partial charge on any atom is 0.226 e. The zero-order valence-corrected chi connectivity index (χ0v) is 18.3. The number of fused-ring (bicyclic) bond motifs is 1. The Balaban J connectivity index is 0.00000225. The van der Waals surface area contributed by atoms with Crippen LogP contribution in [0.4, 0.5) is 5.69 Å². The number of anilines is 1. The number of aromatic nitrogens is 1. The maximum absolute atomic E-state index is 6.10. The van der Waals surface area contributed by atoms with Crippen molar-refractivity contribution in [3.8, 4) is 11.5 Å². The molecule has 0 saturated heterocycles. The minimum Gasteiger partial charge on any atom is -0.444 e. The van der Waals surface area contributed by atoms with Crippen LogP contribution < -0.4 is 11.1 Å². The summed E-state index contributed by atoms with van der Waals surface area (Å²) in [6.07, 6.45) is 6.35. The molecular formula is C22H25IN4O. The highest BCUT2D eigenvalue weighted by Crippen LogP contribution is 2.27. The summed E-state index contributed by atoms with van der Waals surface area (Å²) in [6, 6.07) is 14.4. The molecule has 0 aliphatic heterocycles. The van der Waals surface area contributed by atoms with Crippen LogP contribution in [0, 0.1) is 6.92 Å². The summed E-state index contributed by atoms with van der Waals surface area (Å²) < 4.78 is 5.57. The van der Waals surface area contributed by atoms with E-state index in [9.17, 15) is 0 Å². The third-order valence-corrected chi connectivity index (χ3v) is 4.92. The summed E-state index contributed by atoms with van der Waals surface area (Å²) >= 11 is 0. The number of halogens is 1. The SMILES string of the molecule is Cc1ccc(-c2nc(CN=C(N)Nc3cccc4c3CCCC4)co2)cc1.I. The molecule has 3 aromatic rings. The average Bonchev–Trinajstić information content (AvgIpc) is 3.16. The number of oxazole rings is 1. The molecule has 0 amide bonds. The van der Waals surface area contributed by atoms with E-state index in [0.717, 1.165) is 29.8 Å². The van der Waals surface area contributed by atoms with Crippen molar-refractivity contribution in [1.82, 2.24) is 4.98 Å². The number of benzene rings is 2. The van der Waals surface area contributed by atoms with E-state index in [0.29, 0.717) is 18.4 Å². The Labute approximate surface area is 182 Å². The maximum atomic E-state index is 6.10. The first kappa shape index (κ1) is 20.4. The zero-order chi connectivity index (χ0) is 18.6. The number of aryl methyl sites for hydroxylation is 2. The van der Waals surface area contributed by atoms with E-state index < -0.39 is 0 Å². The van der Waals surface area contributed by atoms with Gasteiger partial charge in [0.25, 0.3) is 0 Å². The lowest BCUT2D eigenvalue weighted by Gasteiger charge is -2.19. The summed E-state index contributed by atoms with van der Waals surface area (Å²) in [5, 5.41) is 3.25. The van der Waals surface area contributed by atoms with Crippen molar-refractivity contribution < 1.29 is 4.42 Å². The van der Waals surface area contributed by atoms with Gasteiger partial charge in [-0.05, 0) is 61.9 Å². The van der Waals surface area contributed by atoms with E-state index in [4.69, 9.17) is 10.2 Å². The number of nitrogens with two attached hydrogens (primary N) is 1. The lowest BCUT2D eigenvalue weighted by atomic mass is 9.90. The molecule has 1 aliphatic carbocycles. The molecule has 146 valence electrons. The fourth-order valence-corrected chi connectivity index (χ4v) is 3.45. The first-order valence-electron chi connectivity index (χ1n) is 9.38. The monoisotopic (exact) mass is 488 g/mol. The molecule has 0 radical (unpaired) electrons. The molecule has 6 heteroatoms. The largest absolute Gasteiger partial charge is 0.444 e. The van der Waals surface area contributed by atoms with E-state index in [2.05, 4.69) is 40.4 Å². The molecule has 3 N–H and O–H groups in total. The fourth-order valence-electron chi connectivity index (χ4n) is 3.45. The third kappa shape index (κ3) is 4.73. The highest BCUT2D eigenvalue weighted by Gasteiger charge is 2.13. The summed E-state index contributed by atoms with van der Waals surface area (Å²) in [5.41, 5.74) is 12.9. The number of rotatable bonds is 4. The van der Waals surface area contributed by atoms with Gasteiger partial charge in [-0.1, -0.05) is 29.8 Å². The number of guanidine groups is 1. The van der Waals surface area contributed by atoms with Gasteiger partial charge in [0.15, 0.2) is 5.96 Å². The predicted molar refractivity (Wildman–Crippen MR) is 124 cm³/mol. The van der Waals surface area contributed by atoms with Crippen molar-refractivity contribution in [3.05, 3.63) is 71.1 Å². The van der Waals surface area contributed by atoms with Gasteiger partial charge in [0.1, 0.15) is 12.0 Å². The van der Waals surface area contributed by atoms with E-state index in [1.165, 1.54) is 29.5 Å². The number of nitrogens with one attached hydrogen (secondary N) is 1. The van der Waals surface area contributed by atoms with Crippen molar-refractivity contribution in [3.63, 3.8) is 0 Å². The second kappa shape index (κ2) is 9.23. The van der Waals surface area contributed by atoms with Gasteiger partial charge in [-0.25, -0.2) is 9.98 Å². The van der Waals surface area contributed by atoms with Crippen LogP contribution in [0.5, 0.6) is 0 Å². The topological polar surface area (TPSA) is 76.4 Å². The molecule has 0 saturated carbocycles. The van der Waals surface area contributed by atoms with Gasteiger partial charge in [0, 0.05) is 11.3 Å².